The van der Waals surface area contributed by atoms with E-state index in [0.29, 0.717) is 83.8 Å². The van der Waals surface area contributed by atoms with E-state index in [0.717, 1.165) is 24.6 Å². The molecule has 1 fully saturated rings. The van der Waals surface area contributed by atoms with Crippen LogP contribution < -0.4 is 22.1 Å². The first-order valence-electron chi connectivity index (χ1n) is 15.7. The van der Waals surface area contributed by atoms with Crippen LogP contribution in [0.15, 0.2) is 59.5 Å². The second-order valence-electron chi connectivity index (χ2n) is 12.2. The SMILES string of the molecule is COC[C@H](N)CCCc1cc(-c2cc3cn(-c4ccc(CN[C@H](CCNC(C)=N)C5CC5)cc4)c(=O)nc3[nH]2)cc(C(F)(F)F)c1. The van der Waals surface area contributed by atoms with Crippen molar-refractivity contribution in [3.05, 3.63) is 81.9 Å². The lowest BCUT2D eigenvalue weighted by molar-refractivity contribution is -0.137. The Labute approximate surface area is 266 Å². The van der Waals surface area contributed by atoms with E-state index in [1.165, 1.54) is 23.5 Å². The highest BCUT2D eigenvalue weighted by atomic mass is 19.4. The van der Waals surface area contributed by atoms with Gasteiger partial charge in [0.05, 0.1) is 23.7 Å². The Bertz CT molecular complexity index is 1690. The molecular formula is C34H42F3N7O2. The maximum absolute atomic E-state index is 13.8. The van der Waals surface area contributed by atoms with E-state index in [-0.39, 0.29) is 6.04 Å². The van der Waals surface area contributed by atoms with Crippen LogP contribution in [0.25, 0.3) is 28.0 Å². The van der Waals surface area contributed by atoms with Crippen molar-refractivity contribution in [1.82, 2.24) is 25.2 Å². The molecule has 4 aromatic rings. The second kappa shape index (κ2) is 14.6. The van der Waals surface area contributed by atoms with Crippen LogP contribution in [-0.2, 0) is 23.9 Å². The van der Waals surface area contributed by atoms with E-state index < -0.39 is 17.4 Å². The summed E-state index contributed by atoms with van der Waals surface area (Å²) in [7, 11) is 1.56. The largest absolute Gasteiger partial charge is 0.416 e. The van der Waals surface area contributed by atoms with Gasteiger partial charge in [-0.25, -0.2) is 4.79 Å². The van der Waals surface area contributed by atoms with Crippen molar-refractivity contribution in [2.45, 2.75) is 70.3 Å². The topological polar surface area (TPSA) is 134 Å². The number of amidine groups is 1. The van der Waals surface area contributed by atoms with E-state index >= 15 is 0 Å². The third kappa shape index (κ3) is 8.83. The lowest BCUT2D eigenvalue weighted by atomic mass is 9.98. The zero-order valence-electron chi connectivity index (χ0n) is 26.2. The molecule has 1 saturated carbocycles. The Kier molecular flexibility index (Phi) is 10.6. The van der Waals surface area contributed by atoms with Gasteiger partial charge in [0.2, 0.25) is 0 Å². The van der Waals surface area contributed by atoms with Gasteiger partial charge in [0, 0.05) is 49.6 Å². The van der Waals surface area contributed by atoms with E-state index in [9.17, 15) is 18.0 Å². The first-order chi connectivity index (χ1) is 22.0. The van der Waals surface area contributed by atoms with Gasteiger partial charge in [-0.3, -0.25) is 9.98 Å². The zero-order chi connectivity index (χ0) is 32.8. The first kappa shape index (κ1) is 33.4. The number of aromatic amines is 1. The number of ether oxygens (including phenoxy) is 1. The highest BCUT2D eigenvalue weighted by Crippen LogP contribution is 2.35. The number of alkyl halides is 3. The second-order valence-corrected chi connectivity index (χ2v) is 12.2. The number of rotatable bonds is 15. The number of fused-ring (bicyclic) bond motifs is 1. The summed E-state index contributed by atoms with van der Waals surface area (Å²) >= 11 is 0. The van der Waals surface area contributed by atoms with Gasteiger partial charge < -0.3 is 26.1 Å². The van der Waals surface area contributed by atoms with Crippen LogP contribution >= 0.6 is 0 Å². The molecule has 9 nitrogen and oxygen atoms in total. The van der Waals surface area contributed by atoms with Gasteiger partial charge in [-0.1, -0.05) is 12.1 Å². The lowest BCUT2D eigenvalue weighted by Crippen LogP contribution is -2.34. The minimum Gasteiger partial charge on any atom is -0.383 e. The molecule has 2 aromatic heterocycles. The summed E-state index contributed by atoms with van der Waals surface area (Å²) in [5, 5.41) is 14.9. The van der Waals surface area contributed by atoms with Gasteiger partial charge >= 0.3 is 11.9 Å². The molecule has 46 heavy (non-hydrogen) atoms. The molecule has 0 unspecified atom stereocenters. The van der Waals surface area contributed by atoms with Crippen LogP contribution in [0.5, 0.6) is 0 Å². The number of nitrogens with two attached hydrogens (primary N) is 1. The summed E-state index contributed by atoms with van der Waals surface area (Å²) in [6, 6.07) is 13.6. The fraction of sp³-hybridized carbons (Fsp3) is 0.441. The van der Waals surface area contributed by atoms with Crippen LogP contribution in [0.2, 0.25) is 0 Å². The van der Waals surface area contributed by atoms with Gasteiger partial charge in [-0.2, -0.15) is 18.2 Å². The molecule has 2 aromatic carbocycles. The summed E-state index contributed by atoms with van der Waals surface area (Å²) in [6.07, 6.45) is 2.23. The molecule has 5 rings (SSSR count). The quantitative estimate of drug-likeness (QED) is 0.0859. The molecule has 2 atom stereocenters. The molecule has 2 heterocycles. The standard InChI is InChI=1S/C34H42F3N7O2/c1-21(38)40-13-12-30(24-8-9-24)41-18-22-6-10-29(11-7-22)44-19-26-17-31(42-32(26)43-33(44)45)25-14-23(4-3-5-28(39)20-46-2)15-27(16-25)34(35,36)37/h6-7,10-11,14-17,19,24,28,30,41H,3-5,8-9,12-13,18,20,39H2,1-2H3,(H2,38,40)(H,42,43,45)/t28-,30-/m1/s1. The zero-order valence-corrected chi connectivity index (χ0v) is 26.2. The first-order valence-corrected chi connectivity index (χ1v) is 15.7. The van der Waals surface area contributed by atoms with Crippen molar-refractivity contribution in [3.63, 3.8) is 0 Å². The lowest BCUT2D eigenvalue weighted by Gasteiger charge is -2.19. The minimum absolute atomic E-state index is 0.175. The number of nitrogens with zero attached hydrogens (tertiary/aromatic N) is 2. The molecule has 0 spiro atoms. The monoisotopic (exact) mass is 637 g/mol. The Morgan fingerprint density at radius 3 is 2.59 bits per heavy atom. The van der Waals surface area contributed by atoms with Crippen molar-refractivity contribution in [1.29, 1.82) is 5.41 Å². The number of halogens is 3. The molecule has 1 aliphatic rings. The molecule has 12 heteroatoms. The van der Waals surface area contributed by atoms with Crippen molar-refractivity contribution in [2.75, 3.05) is 20.3 Å². The molecule has 6 N–H and O–H groups in total. The number of hydrogen-bond donors (Lipinski definition) is 5. The molecule has 0 saturated heterocycles. The molecular weight excluding hydrogens is 595 g/mol. The van der Waals surface area contributed by atoms with Crippen molar-refractivity contribution in [2.24, 2.45) is 11.7 Å². The van der Waals surface area contributed by atoms with E-state index in [1.807, 2.05) is 24.3 Å². The maximum Gasteiger partial charge on any atom is 0.416 e. The van der Waals surface area contributed by atoms with E-state index in [4.69, 9.17) is 15.9 Å². The highest BCUT2D eigenvalue weighted by Gasteiger charge is 2.32. The van der Waals surface area contributed by atoms with Gasteiger partial charge in [-0.05, 0) is 104 Å². The van der Waals surface area contributed by atoms with Crippen LogP contribution in [0, 0.1) is 11.3 Å². The highest BCUT2D eigenvalue weighted by molar-refractivity contribution is 5.83. The molecule has 0 aliphatic heterocycles. The third-order valence-electron chi connectivity index (χ3n) is 8.38. The van der Waals surface area contributed by atoms with Crippen molar-refractivity contribution in [3.8, 4) is 16.9 Å². The van der Waals surface area contributed by atoms with Crippen molar-refractivity contribution < 1.29 is 17.9 Å². The Balaban J connectivity index is 1.32. The van der Waals surface area contributed by atoms with Crippen LogP contribution in [0.1, 0.15) is 55.7 Å². The number of nitrogens with one attached hydrogen (secondary N) is 4. The number of aromatic nitrogens is 3. The van der Waals surface area contributed by atoms with Gasteiger partial charge in [0.15, 0.2) is 0 Å². The smallest absolute Gasteiger partial charge is 0.383 e. The predicted octanol–water partition coefficient (Wildman–Crippen LogP) is 5.54. The maximum atomic E-state index is 13.8. The van der Waals surface area contributed by atoms with E-state index in [1.54, 1.807) is 32.4 Å². The molecule has 0 amide bonds. The normalized spacial score (nSPS) is 14.8. The summed E-state index contributed by atoms with van der Waals surface area (Å²) < 4.78 is 48.0. The number of methoxy groups -OCH3 is 1. The Morgan fingerprint density at radius 1 is 1.15 bits per heavy atom. The number of H-pyrrole nitrogens is 1. The molecule has 1 aliphatic carbocycles. The molecule has 246 valence electrons. The fourth-order valence-electron chi connectivity index (χ4n) is 5.80. The number of hydrogen-bond acceptors (Lipinski definition) is 6. The van der Waals surface area contributed by atoms with Gasteiger partial charge in [0.25, 0.3) is 0 Å². The fourth-order valence-corrected chi connectivity index (χ4v) is 5.80. The summed E-state index contributed by atoms with van der Waals surface area (Å²) in [4.78, 5) is 20.2. The summed E-state index contributed by atoms with van der Waals surface area (Å²) in [6.45, 7) is 3.59. The average Bonchev–Trinajstić information content (AvgIpc) is 3.77. The summed E-state index contributed by atoms with van der Waals surface area (Å²) in [5.74, 6) is 1.14. The van der Waals surface area contributed by atoms with Gasteiger partial charge in [-0.15, -0.1) is 0 Å². The average molecular weight is 638 g/mol. The van der Waals surface area contributed by atoms with Crippen molar-refractivity contribution >= 4 is 16.9 Å². The van der Waals surface area contributed by atoms with E-state index in [2.05, 4.69) is 20.6 Å². The minimum atomic E-state index is -4.51. The van der Waals surface area contributed by atoms with Gasteiger partial charge in [0.1, 0.15) is 5.65 Å². The molecule has 0 bridgehead atoms. The molecule has 0 radical (unpaired) electrons. The number of aryl methyl sites for hydroxylation is 1. The Morgan fingerprint density at radius 2 is 1.91 bits per heavy atom. The Hall–Kier alpha value is -4.00. The van der Waals surface area contributed by atoms with Crippen LogP contribution in [-0.4, -0.2) is 52.7 Å². The third-order valence-corrected chi connectivity index (χ3v) is 8.38. The predicted molar refractivity (Wildman–Crippen MR) is 174 cm³/mol. The number of benzene rings is 2. The summed E-state index contributed by atoms with van der Waals surface area (Å²) in [5.41, 5.74) is 8.16. The van der Waals surface area contributed by atoms with Crippen LogP contribution in [0.4, 0.5) is 13.2 Å². The van der Waals surface area contributed by atoms with Crippen LogP contribution in [0.3, 0.4) is 0 Å².